The zero-order valence-electron chi connectivity index (χ0n) is 4.09. The van der Waals surface area contributed by atoms with Crippen molar-refractivity contribution in [3.63, 3.8) is 0 Å². The third-order valence-corrected chi connectivity index (χ3v) is 2.30. The van der Waals surface area contributed by atoms with Crippen molar-refractivity contribution >= 4 is 21.6 Å². The molecule has 0 amide bonds. The molecular weight excluding hydrogens is 128 g/mol. The predicted molar refractivity (Wildman–Crippen MR) is 39.2 cm³/mol. The van der Waals surface area contributed by atoms with E-state index in [9.17, 15) is 0 Å². The minimum absolute atomic E-state index is 0. The maximum absolute atomic E-state index is 2.16. The molecule has 0 atom stereocenters. The van der Waals surface area contributed by atoms with E-state index < -0.39 is 0 Å². The third-order valence-electron chi connectivity index (χ3n) is 0.384. The summed E-state index contributed by atoms with van der Waals surface area (Å²) in [5, 5.41) is 2.12. The standard InChI is InChI=1S/C3H4S2.2H3N/c1-2-4-5-3-1;;/h1-2H,3H2;2*1H3. The SMILES string of the molecule is C1=CSSC1.N.N. The van der Waals surface area contributed by atoms with E-state index in [0.29, 0.717) is 0 Å². The smallest absolute Gasteiger partial charge is 0.0229 e. The lowest BCUT2D eigenvalue weighted by Crippen LogP contribution is -1.46. The van der Waals surface area contributed by atoms with Gasteiger partial charge in [0.1, 0.15) is 0 Å². The predicted octanol–water partition coefficient (Wildman–Crippen LogP) is 2.22. The Hall–Kier alpha value is 0.360. The van der Waals surface area contributed by atoms with Crippen LogP contribution in [0.4, 0.5) is 0 Å². The molecule has 0 unspecified atom stereocenters. The van der Waals surface area contributed by atoms with Crippen LogP contribution in [-0.2, 0) is 0 Å². The molecule has 0 spiro atoms. The van der Waals surface area contributed by atoms with Gasteiger partial charge in [-0.2, -0.15) is 0 Å². The normalized spacial score (nSPS) is 14.9. The number of hydrogen-bond acceptors (Lipinski definition) is 4. The van der Waals surface area contributed by atoms with Crippen molar-refractivity contribution in [3.8, 4) is 0 Å². The van der Waals surface area contributed by atoms with E-state index in [4.69, 9.17) is 0 Å². The maximum atomic E-state index is 2.16. The van der Waals surface area contributed by atoms with Crippen LogP contribution in [0.25, 0.3) is 0 Å². The average Bonchev–Trinajstić information content (AvgIpc) is 1.76. The summed E-state index contributed by atoms with van der Waals surface area (Å²) in [7, 11) is 3.69. The number of rotatable bonds is 0. The fourth-order valence-corrected chi connectivity index (χ4v) is 1.77. The van der Waals surface area contributed by atoms with Crippen molar-refractivity contribution in [2.45, 2.75) is 0 Å². The van der Waals surface area contributed by atoms with Gasteiger partial charge in [0.05, 0.1) is 0 Å². The van der Waals surface area contributed by atoms with Gasteiger partial charge in [0.2, 0.25) is 0 Å². The molecule has 6 N–H and O–H groups in total. The molecule has 44 valence electrons. The highest BCUT2D eigenvalue weighted by molar-refractivity contribution is 8.78. The van der Waals surface area contributed by atoms with Crippen LogP contribution < -0.4 is 12.3 Å². The van der Waals surface area contributed by atoms with Crippen LogP contribution in [0.5, 0.6) is 0 Å². The first-order valence-corrected chi connectivity index (χ1v) is 3.81. The Balaban J connectivity index is 0. The molecule has 0 saturated carbocycles. The largest absolute Gasteiger partial charge is 0.344 e. The van der Waals surface area contributed by atoms with Crippen LogP contribution in [0, 0.1) is 0 Å². The van der Waals surface area contributed by atoms with E-state index in [0.717, 1.165) is 0 Å². The van der Waals surface area contributed by atoms with Crippen molar-refractivity contribution < 1.29 is 0 Å². The van der Waals surface area contributed by atoms with Gasteiger partial charge in [-0.1, -0.05) is 27.7 Å². The maximum Gasteiger partial charge on any atom is 0.0229 e. The van der Waals surface area contributed by atoms with E-state index in [2.05, 4.69) is 11.5 Å². The molecule has 1 aliphatic rings. The van der Waals surface area contributed by atoms with Crippen molar-refractivity contribution in [3.05, 3.63) is 11.5 Å². The van der Waals surface area contributed by atoms with Gasteiger partial charge in [-0.3, -0.25) is 0 Å². The van der Waals surface area contributed by atoms with Gasteiger partial charge in [0.15, 0.2) is 0 Å². The van der Waals surface area contributed by atoms with E-state index >= 15 is 0 Å². The molecule has 1 rings (SSSR count). The molecule has 0 saturated heterocycles. The molecule has 0 fully saturated rings. The van der Waals surface area contributed by atoms with Gasteiger partial charge in [0, 0.05) is 5.75 Å². The Kier molecular flexibility index (Phi) is 9.42. The lowest BCUT2D eigenvalue weighted by molar-refractivity contribution is 1.85. The highest BCUT2D eigenvalue weighted by Crippen LogP contribution is 2.27. The summed E-state index contributed by atoms with van der Waals surface area (Å²) in [5.74, 6) is 1.20. The second kappa shape index (κ2) is 6.36. The fourth-order valence-electron chi connectivity index (χ4n) is 0.196. The molecule has 2 nitrogen and oxygen atoms in total. The van der Waals surface area contributed by atoms with Gasteiger partial charge in [0.25, 0.3) is 0 Å². The van der Waals surface area contributed by atoms with Crippen LogP contribution in [0.15, 0.2) is 11.5 Å². The lowest BCUT2D eigenvalue weighted by Gasteiger charge is -1.69. The zero-order valence-corrected chi connectivity index (χ0v) is 5.73. The molecule has 0 radical (unpaired) electrons. The monoisotopic (exact) mass is 138 g/mol. The topological polar surface area (TPSA) is 70.0 Å². The Morgan fingerprint density at radius 2 is 2.00 bits per heavy atom. The van der Waals surface area contributed by atoms with Crippen molar-refractivity contribution in [1.82, 2.24) is 12.3 Å². The summed E-state index contributed by atoms with van der Waals surface area (Å²) in [4.78, 5) is 0. The average molecular weight is 138 g/mol. The Morgan fingerprint density at radius 1 is 1.29 bits per heavy atom. The van der Waals surface area contributed by atoms with Gasteiger partial charge >= 0.3 is 0 Å². The Bertz CT molecular complexity index is 48.9. The number of hydrogen-bond donors (Lipinski definition) is 2. The third kappa shape index (κ3) is 4.21. The van der Waals surface area contributed by atoms with Crippen molar-refractivity contribution in [2.24, 2.45) is 0 Å². The summed E-state index contributed by atoms with van der Waals surface area (Å²) in [6.45, 7) is 0. The summed E-state index contributed by atoms with van der Waals surface area (Å²) in [6, 6.07) is 0. The minimum atomic E-state index is 0. The van der Waals surface area contributed by atoms with E-state index in [1.54, 1.807) is 0 Å². The molecule has 0 bridgehead atoms. The van der Waals surface area contributed by atoms with Crippen LogP contribution in [-0.4, -0.2) is 5.75 Å². The first-order valence-electron chi connectivity index (χ1n) is 1.43. The molecular formula is C3H10N2S2. The van der Waals surface area contributed by atoms with Crippen molar-refractivity contribution in [2.75, 3.05) is 5.75 Å². The second-order valence-electron chi connectivity index (χ2n) is 0.753. The molecule has 7 heavy (non-hydrogen) atoms. The van der Waals surface area contributed by atoms with Gasteiger partial charge in [-0.25, -0.2) is 0 Å². The summed E-state index contributed by atoms with van der Waals surface area (Å²) < 4.78 is 0. The minimum Gasteiger partial charge on any atom is -0.344 e. The summed E-state index contributed by atoms with van der Waals surface area (Å²) in [6.07, 6.45) is 2.16. The molecule has 0 aliphatic carbocycles. The second-order valence-corrected chi connectivity index (χ2v) is 3.07. The van der Waals surface area contributed by atoms with Gasteiger partial charge in [-0.15, -0.1) is 0 Å². The summed E-state index contributed by atoms with van der Waals surface area (Å²) in [5.41, 5.74) is 0. The van der Waals surface area contributed by atoms with Crippen LogP contribution >= 0.6 is 21.6 Å². The summed E-state index contributed by atoms with van der Waals surface area (Å²) >= 11 is 0. The Labute approximate surface area is 51.7 Å². The molecule has 0 aromatic carbocycles. The molecule has 1 aliphatic heterocycles. The molecule has 0 aromatic rings. The quantitative estimate of drug-likeness (QED) is 0.503. The van der Waals surface area contributed by atoms with Gasteiger partial charge in [-0.05, 0) is 5.41 Å². The van der Waals surface area contributed by atoms with E-state index in [1.807, 2.05) is 21.6 Å². The first-order chi connectivity index (χ1) is 2.50. The first kappa shape index (κ1) is 10.4. The zero-order chi connectivity index (χ0) is 3.54. The van der Waals surface area contributed by atoms with Crippen LogP contribution in [0.1, 0.15) is 0 Å². The highest BCUT2D eigenvalue weighted by atomic mass is 33.1. The van der Waals surface area contributed by atoms with Crippen LogP contribution in [0.3, 0.4) is 0 Å². The van der Waals surface area contributed by atoms with E-state index in [-0.39, 0.29) is 12.3 Å². The van der Waals surface area contributed by atoms with E-state index in [1.165, 1.54) is 5.75 Å². The molecule has 0 aromatic heterocycles. The lowest BCUT2D eigenvalue weighted by atomic mass is 10.8. The molecule has 4 heteroatoms. The highest BCUT2D eigenvalue weighted by Gasteiger charge is 1.85. The van der Waals surface area contributed by atoms with Crippen molar-refractivity contribution in [1.29, 1.82) is 0 Å². The molecule has 1 heterocycles. The van der Waals surface area contributed by atoms with Crippen LogP contribution in [0.2, 0.25) is 0 Å². The van der Waals surface area contributed by atoms with Gasteiger partial charge < -0.3 is 12.3 Å². The Morgan fingerprint density at radius 3 is 2.14 bits per heavy atom. The fraction of sp³-hybridized carbons (Fsp3) is 0.333.